The molecule has 5 nitrogen and oxygen atoms in total. The molecule has 1 N–H and O–H groups in total. The molecule has 1 amide bonds. The van der Waals surface area contributed by atoms with Crippen LogP contribution in [0.4, 0.5) is 0 Å². The van der Waals surface area contributed by atoms with Gasteiger partial charge >= 0.3 is 5.97 Å². The normalized spacial score (nSPS) is 10.4. The molecule has 0 aliphatic heterocycles. The van der Waals surface area contributed by atoms with Crippen molar-refractivity contribution in [2.75, 3.05) is 6.54 Å². The van der Waals surface area contributed by atoms with Gasteiger partial charge in [0.25, 0.3) is 5.91 Å². The number of hydrogen-bond acceptors (Lipinski definition) is 4. The Morgan fingerprint density at radius 3 is 2.40 bits per heavy atom. The topological polar surface area (TPSA) is 64.6 Å². The molecule has 2 rings (SSSR count). The number of amides is 1. The van der Waals surface area contributed by atoms with E-state index >= 15 is 0 Å². The van der Waals surface area contributed by atoms with E-state index < -0.39 is 5.97 Å². The van der Waals surface area contributed by atoms with Crippen molar-refractivity contribution >= 4 is 23.5 Å². The van der Waals surface area contributed by atoms with E-state index in [1.807, 2.05) is 19.9 Å². The molecule has 25 heavy (non-hydrogen) atoms. The first-order chi connectivity index (χ1) is 12.0. The van der Waals surface area contributed by atoms with Crippen LogP contribution in [0.15, 0.2) is 48.5 Å². The molecule has 0 aliphatic carbocycles. The van der Waals surface area contributed by atoms with Gasteiger partial charge < -0.3 is 14.8 Å². The number of benzene rings is 2. The third kappa shape index (κ3) is 6.12. The number of hydrogen-bond donors (Lipinski definition) is 1. The monoisotopic (exact) mass is 361 g/mol. The SMILES string of the molecule is CC(C)Oc1ccc(C(=O)NCC(=O)OCc2ccccc2Cl)cc1. The zero-order chi connectivity index (χ0) is 18.2. The van der Waals surface area contributed by atoms with E-state index in [2.05, 4.69) is 5.32 Å². The molecule has 2 aromatic rings. The second-order valence-corrected chi connectivity index (χ2v) is 6.03. The van der Waals surface area contributed by atoms with E-state index in [1.54, 1.807) is 42.5 Å². The maximum atomic E-state index is 12.0. The Bertz CT molecular complexity index is 728. The first-order valence-corrected chi connectivity index (χ1v) is 8.27. The number of carbonyl (C=O) groups is 2. The lowest BCUT2D eigenvalue weighted by Gasteiger charge is -2.10. The molecule has 132 valence electrons. The summed E-state index contributed by atoms with van der Waals surface area (Å²) in [5.74, 6) is -0.204. The van der Waals surface area contributed by atoms with E-state index in [9.17, 15) is 9.59 Å². The Morgan fingerprint density at radius 2 is 1.76 bits per heavy atom. The summed E-state index contributed by atoms with van der Waals surface area (Å²) in [7, 11) is 0. The van der Waals surface area contributed by atoms with Gasteiger partial charge in [0, 0.05) is 16.1 Å². The average molecular weight is 362 g/mol. The highest BCUT2D eigenvalue weighted by Gasteiger charge is 2.10. The van der Waals surface area contributed by atoms with Crippen molar-refractivity contribution in [1.82, 2.24) is 5.32 Å². The van der Waals surface area contributed by atoms with E-state index in [4.69, 9.17) is 21.1 Å². The summed E-state index contributed by atoms with van der Waals surface area (Å²) in [5, 5.41) is 3.05. The maximum absolute atomic E-state index is 12.0. The Hall–Kier alpha value is -2.53. The van der Waals surface area contributed by atoms with Crippen LogP contribution >= 0.6 is 11.6 Å². The summed E-state index contributed by atoms with van der Waals surface area (Å²) in [6.07, 6.45) is 0.0626. The van der Waals surface area contributed by atoms with Crippen molar-refractivity contribution in [3.63, 3.8) is 0 Å². The minimum Gasteiger partial charge on any atom is -0.491 e. The van der Waals surface area contributed by atoms with Gasteiger partial charge in [-0.3, -0.25) is 9.59 Å². The maximum Gasteiger partial charge on any atom is 0.325 e. The summed E-state index contributed by atoms with van der Waals surface area (Å²) < 4.78 is 10.6. The zero-order valence-electron chi connectivity index (χ0n) is 14.1. The molecule has 0 heterocycles. The first kappa shape index (κ1) is 18.8. The van der Waals surface area contributed by atoms with Gasteiger partial charge in [-0.15, -0.1) is 0 Å². The zero-order valence-corrected chi connectivity index (χ0v) is 14.9. The van der Waals surface area contributed by atoms with Crippen molar-refractivity contribution in [2.24, 2.45) is 0 Å². The Kier molecular flexibility index (Phi) is 6.83. The Morgan fingerprint density at radius 1 is 1.08 bits per heavy atom. The highest BCUT2D eigenvalue weighted by Crippen LogP contribution is 2.16. The molecule has 0 aliphatic rings. The van der Waals surface area contributed by atoms with Crippen LogP contribution in [0.3, 0.4) is 0 Å². The van der Waals surface area contributed by atoms with Crippen molar-refractivity contribution in [3.05, 3.63) is 64.7 Å². The number of carbonyl (C=O) groups excluding carboxylic acids is 2. The van der Waals surface area contributed by atoms with Crippen LogP contribution in [0, 0.1) is 0 Å². The van der Waals surface area contributed by atoms with E-state index in [-0.39, 0.29) is 25.2 Å². The van der Waals surface area contributed by atoms with Gasteiger partial charge in [0.2, 0.25) is 0 Å². The second-order valence-electron chi connectivity index (χ2n) is 5.63. The first-order valence-electron chi connectivity index (χ1n) is 7.89. The standard InChI is InChI=1S/C19H20ClNO4/c1-13(2)25-16-9-7-14(8-10-16)19(23)21-11-18(22)24-12-15-5-3-4-6-17(15)20/h3-10,13H,11-12H2,1-2H3,(H,21,23). The van der Waals surface area contributed by atoms with E-state index in [1.165, 1.54) is 0 Å². The quantitative estimate of drug-likeness (QED) is 0.765. The lowest BCUT2D eigenvalue weighted by atomic mass is 10.2. The van der Waals surface area contributed by atoms with E-state index in [0.29, 0.717) is 21.9 Å². The molecule has 0 atom stereocenters. The molecule has 0 fully saturated rings. The van der Waals surface area contributed by atoms with Crippen LogP contribution in [0.2, 0.25) is 5.02 Å². The number of esters is 1. The summed E-state index contributed by atoms with van der Waals surface area (Å²) in [6, 6.07) is 13.8. The smallest absolute Gasteiger partial charge is 0.325 e. The largest absolute Gasteiger partial charge is 0.491 e. The van der Waals surface area contributed by atoms with E-state index in [0.717, 1.165) is 0 Å². The van der Waals surface area contributed by atoms with Crippen LogP contribution in [0.1, 0.15) is 29.8 Å². The molecule has 0 radical (unpaired) electrons. The number of ether oxygens (including phenoxy) is 2. The summed E-state index contributed by atoms with van der Waals surface area (Å²) in [4.78, 5) is 23.8. The van der Waals surface area contributed by atoms with Gasteiger partial charge in [-0.2, -0.15) is 0 Å². The van der Waals surface area contributed by atoms with Crippen LogP contribution in [0.5, 0.6) is 5.75 Å². The van der Waals surface area contributed by atoms with Gasteiger partial charge in [0.1, 0.15) is 18.9 Å². The third-order valence-electron chi connectivity index (χ3n) is 3.23. The molecular weight excluding hydrogens is 342 g/mol. The molecule has 6 heteroatoms. The fourth-order valence-electron chi connectivity index (χ4n) is 2.04. The molecule has 0 unspecified atom stereocenters. The number of rotatable bonds is 7. The van der Waals surface area contributed by atoms with Gasteiger partial charge in [0.15, 0.2) is 0 Å². The molecule has 0 saturated carbocycles. The molecule has 2 aromatic carbocycles. The average Bonchev–Trinajstić information content (AvgIpc) is 2.59. The van der Waals surface area contributed by atoms with Crippen LogP contribution in [-0.2, 0) is 16.1 Å². The van der Waals surface area contributed by atoms with Crippen molar-refractivity contribution in [3.8, 4) is 5.75 Å². The van der Waals surface area contributed by atoms with Crippen LogP contribution < -0.4 is 10.1 Å². The van der Waals surface area contributed by atoms with Gasteiger partial charge in [-0.1, -0.05) is 29.8 Å². The summed E-state index contributed by atoms with van der Waals surface area (Å²) in [5.41, 5.74) is 1.15. The molecule has 0 bridgehead atoms. The minimum atomic E-state index is -0.534. The fraction of sp³-hybridized carbons (Fsp3) is 0.263. The minimum absolute atomic E-state index is 0.0626. The summed E-state index contributed by atoms with van der Waals surface area (Å²) >= 11 is 5.99. The highest BCUT2D eigenvalue weighted by atomic mass is 35.5. The second kappa shape index (κ2) is 9.08. The van der Waals surface area contributed by atoms with Gasteiger partial charge in [0.05, 0.1) is 6.10 Å². The highest BCUT2D eigenvalue weighted by molar-refractivity contribution is 6.31. The van der Waals surface area contributed by atoms with Crippen molar-refractivity contribution in [2.45, 2.75) is 26.6 Å². The van der Waals surface area contributed by atoms with Crippen molar-refractivity contribution in [1.29, 1.82) is 0 Å². The predicted octanol–water partition coefficient (Wildman–Crippen LogP) is 3.60. The number of nitrogens with one attached hydrogen (secondary N) is 1. The van der Waals surface area contributed by atoms with Crippen LogP contribution in [-0.4, -0.2) is 24.5 Å². The Balaban J connectivity index is 1.79. The van der Waals surface area contributed by atoms with Gasteiger partial charge in [-0.25, -0.2) is 0 Å². The van der Waals surface area contributed by atoms with Crippen molar-refractivity contribution < 1.29 is 19.1 Å². The molecule has 0 spiro atoms. The lowest BCUT2D eigenvalue weighted by Crippen LogP contribution is -2.30. The predicted molar refractivity (Wildman–Crippen MR) is 95.8 cm³/mol. The fourth-order valence-corrected chi connectivity index (χ4v) is 2.23. The van der Waals surface area contributed by atoms with Crippen LogP contribution in [0.25, 0.3) is 0 Å². The third-order valence-corrected chi connectivity index (χ3v) is 3.60. The van der Waals surface area contributed by atoms with Gasteiger partial charge in [-0.05, 0) is 44.2 Å². The molecule has 0 aromatic heterocycles. The number of halogens is 1. The molecular formula is C19H20ClNO4. The lowest BCUT2D eigenvalue weighted by molar-refractivity contribution is -0.143. The summed E-state index contributed by atoms with van der Waals surface area (Å²) in [6.45, 7) is 3.70. The molecule has 0 saturated heterocycles. The Labute approximate surface area is 151 Å².